The first-order valence-corrected chi connectivity index (χ1v) is 3.04. The third-order valence-electron chi connectivity index (χ3n) is 0.969. The van der Waals surface area contributed by atoms with Crippen molar-refractivity contribution in [3.8, 4) is 12.3 Å². The average Bonchev–Trinajstić information content (AvgIpc) is 1.83. The van der Waals surface area contributed by atoms with E-state index in [0.29, 0.717) is 6.54 Å². The molecule has 2 nitrogen and oxygen atoms in total. The summed E-state index contributed by atoms with van der Waals surface area (Å²) in [7, 11) is 0. The van der Waals surface area contributed by atoms with Crippen LogP contribution in [-0.2, 0) is 0 Å². The Bertz CT molecular complexity index is 104. The molecule has 0 aromatic rings. The van der Waals surface area contributed by atoms with E-state index in [1.807, 2.05) is 6.92 Å². The molecule has 0 bridgehead atoms. The molecule has 9 heavy (non-hydrogen) atoms. The second-order valence-corrected chi connectivity index (χ2v) is 2.15. The maximum absolute atomic E-state index is 8.77. The van der Waals surface area contributed by atoms with Crippen molar-refractivity contribution in [3.63, 3.8) is 0 Å². The smallest absolute Gasteiger partial charge is 0.0659 e. The van der Waals surface area contributed by atoms with Crippen LogP contribution < -0.4 is 5.32 Å². The van der Waals surface area contributed by atoms with Gasteiger partial charge in [-0.2, -0.15) is 0 Å². The minimum atomic E-state index is -0.319. The van der Waals surface area contributed by atoms with Crippen molar-refractivity contribution >= 4 is 0 Å². The standard InChI is InChI=1S/C7H13NO/c1-4-6(2)8-5-7(3)9/h1,6-9H,5H2,2-3H3/t6?,7-/m1/s1. The van der Waals surface area contributed by atoms with E-state index >= 15 is 0 Å². The van der Waals surface area contributed by atoms with Crippen LogP contribution in [0.5, 0.6) is 0 Å². The third-order valence-corrected chi connectivity index (χ3v) is 0.969. The third kappa shape index (κ3) is 5.35. The fourth-order valence-corrected chi connectivity index (χ4v) is 0.406. The molecule has 0 saturated carbocycles. The van der Waals surface area contributed by atoms with Gasteiger partial charge in [-0.05, 0) is 13.8 Å². The van der Waals surface area contributed by atoms with Gasteiger partial charge in [0.25, 0.3) is 0 Å². The Labute approximate surface area is 56.3 Å². The summed E-state index contributed by atoms with van der Waals surface area (Å²) in [4.78, 5) is 0. The van der Waals surface area contributed by atoms with Crippen LogP contribution in [0.25, 0.3) is 0 Å². The summed E-state index contributed by atoms with van der Waals surface area (Å²) in [5, 5.41) is 11.7. The zero-order valence-corrected chi connectivity index (χ0v) is 5.89. The minimum Gasteiger partial charge on any atom is -0.392 e. The van der Waals surface area contributed by atoms with Crippen LogP contribution in [0.3, 0.4) is 0 Å². The molecule has 52 valence electrons. The Morgan fingerprint density at radius 3 is 2.56 bits per heavy atom. The van der Waals surface area contributed by atoms with Gasteiger partial charge in [0.1, 0.15) is 0 Å². The largest absolute Gasteiger partial charge is 0.392 e. The molecule has 0 amide bonds. The number of hydrogen-bond donors (Lipinski definition) is 2. The summed E-state index contributed by atoms with van der Waals surface area (Å²) in [5.41, 5.74) is 0. The van der Waals surface area contributed by atoms with E-state index in [1.54, 1.807) is 6.92 Å². The predicted molar refractivity (Wildman–Crippen MR) is 38.0 cm³/mol. The summed E-state index contributed by atoms with van der Waals surface area (Å²) in [5.74, 6) is 2.50. The molecule has 0 aliphatic rings. The summed E-state index contributed by atoms with van der Waals surface area (Å²) in [6.07, 6.45) is 4.75. The quantitative estimate of drug-likeness (QED) is 0.522. The first-order valence-electron chi connectivity index (χ1n) is 3.04. The fraction of sp³-hybridized carbons (Fsp3) is 0.714. The van der Waals surface area contributed by atoms with E-state index in [1.165, 1.54) is 0 Å². The molecule has 2 N–H and O–H groups in total. The molecule has 0 aliphatic heterocycles. The molecule has 0 spiro atoms. The van der Waals surface area contributed by atoms with Crippen LogP contribution >= 0.6 is 0 Å². The number of aliphatic hydroxyl groups excluding tert-OH is 1. The maximum Gasteiger partial charge on any atom is 0.0659 e. The monoisotopic (exact) mass is 127 g/mol. The highest BCUT2D eigenvalue weighted by atomic mass is 16.3. The normalized spacial score (nSPS) is 16.2. The van der Waals surface area contributed by atoms with Gasteiger partial charge < -0.3 is 10.4 Å². The molecule has 0 aromatic carbocycles. The van der Waals surface area contributed by atoms with Crippen molar-refractivity contribution in [2.45, 2.75) is 26.0 Å². The first kappa shape index (κ1) is 8.48. The van der Waals surface area contributed by atoms with Gasteiger partial charge in [0.05, 0.1) is 12.1 Å². The van der Waals surface area contributed by atoms with Crippen molar-refractivity contribution in [2.24, 2.45) is 0 Å². The highest BCUT2D eigenvalue weighted by molar-refractivity contribution is 4.95. The van der Waals surface area contributed by atoms with Crippen molar-refractivity contribution in [3.05, 3.63) is 0 Å². The lowest BCUT2D eigenvalue weighted by molar-refractivity contribution is 0.190. The van der Waals surface area contributed by atoms with Gasteiger partial charge in [0.2, 0.25) is 0 Å². The molecule has 2 atom stereocenters. The summed E-state index contributed by atoms with van der Waals surface area (Å²) in [6, 6.07) is 0.0552. The van der Waals surface area contributed by atoms with E-state index in [9.17, 15) is 0 Å². The lowest BCUT2D eigenvalue weighted by Crippen LogP contribution is -2.31. The van der Waals surface area contributed by atoms with Crippen LogP contribution in [-0.4, -0.2) is 23.8 Å². The van der Waals surface area contributed by atoms with E-state index in [4.69, 9.17) is 11.5 Å². The Morgan fingerprint density at radius 2 is 2.22 bits per heavy atom. The zero-order chi connectivity index (χ0) is 7.28. The topological polar surface area (TPSA) is 32.3 Å². The van der Waals surface area contributed by atoms with Crippen LogP contribution in [0, 0.1) is 12.3 Å². The van der Waals surface area contributed by atoms with Crippen molar-refractivity contribution in [1.29, 1.82) is 0 Å². The van der Waals surface area contributed by atoms with Crippen LogP contribution in [0.4, 0.5) is 0 Å². The molecule has 2 heteroatoms. The van der Waals surface area contributed by atoms with E-state index in [2.05, 4.69) is 11.2 Å². The fourth-order valence-electron chi connectivity index (χ4n) is 0.406. The Hall–Kier alpha value is -0.520. The summed E-state index contributed by atoms with van der Waals surface area (Å²) >= 11 is 0. The van der Waals surface area contributed by atoms with Crippen molar-refractivity contribution < 1.29 is 5.11 Å². The number of hydrogen-bond acceptors (Lipinski definition) is 2. The predicted octanol–water partition coefficient (Wildman–Crippen LogP) is -0.0215. The lowest BCUT2D eigenvalue weighted by Gasteiger charge is -2.08. The van der Waals surface area contributed by atoms with Gasteiger partial charge in [0, 0.05) is 6.54 Å². The summed E-state index contributed by atoms with van der Waals surface area (Å²) < 4.78 is 0. The molecule has 0 rings (SSSR count). The molecular weight excluding hydrogens is 114 g/mol. The highest BCUT2D eigenvalue weighted by Crippen LogP contribution is 1.79. The maximum atomic E-state index is 8.77. The molecule has 0 aliphatic carbocycles. The first-order chi connectivity index (χ1) is 4.16. The summed E-state index contributed by atoms with van der Waals surface area (Å²) in [6.45, 7) is 4.16. The second-order valence-electron chi connectivity index (χ2n) is 2.15. The Kier molecular flexibility index (Phi) is 4.12. The average molecular weight is 127 g/mol. The van der Waals surface area contributed by atoms with E-state index in [0.717, 1.165) is 0 Å². The van der Waals surface area contributed by atoms with Gasteiger partial charge >= 0.3 is 0 Å². The molecular formula is C7H13NO. The molecule has 0 aromatic heterocycles. The van der Waals surface area contributed by atoms with E-state index in [-0.39, 0.29) is 12.1 Å². The number of rotatable bonds is 3. The SMILES string of the molecule is C#CC(C)NC[C@@H](C)O. The number of nitrogens with one attached hydrogen (secondary N) is 1. The Morgan fingerprint density at radius 1 is 1.67 bits per heavy atom. The molecule has 0 radical (unpaired) electrons. The zero-order valence-electron chi connectivity index (χ0n) is 5.89. The van der Waals surface area contributed by atoms with Crippen molar-refractivity contribution in [1.82, 2.24) is 5.32 Å². The van der Waals surface area contributed by atoms with Gasteiger partial charge in [-0.25, -0.2) is 0 Å². The van der Waals surface area contributed by atoms with Crippen LogP contribution in [0.2, 0.25) is 0 Å². The lowest BCUT2D eigenvalue weighted by atomic mass is 10.3. The number of aliphatic hydroxyl groups is 1. The minimum absolute atomic E-state index is 0.0552. The molecule has 1 unspecified atom stereocenters. The molecule has 0 heterocycles. The van der Waals surface area contributed by atoms with Gasteiger partial charge in [0.15, 0.2) is 0 Å². The Balaban J connectivity index is 3.19. The van der Waals surface area contributed by atoms with Gasteiger partial charge in [-0.3, -0.25) is 0 Å². The van der Waals surface area contributed by atoms with Crippen molar-refractivity contribution in [2.75, 3.05) is 6.54 Å². The van der Waals surface area contributed by atoms with Crippen LogP contribution in [0.1, 0.15) is 13.8 Å². The van der Waals surface area contributed by atoms with E-state index < -0.39 is 0 Å². The van der Waals surface area contributed by atoms with Gasteiger partial charge in [-0.15, -0.1) is 6.42 Å². The molecule has 0 saturated heterocycles. The highest BCUT2D eigenvalue weighted by Gasteiger charge is 1.96. The molecule has 0 fully saturated rings. The number of terminal acetylenes is 1. The second kappa shape index (κ2) is 4.37. The van der Waals surface area contributed by atoms with Gasteiger partial charge in [-0.1, -0.05) is 5.92 Å². The van der Waals surface area contributed by atoms with Crippen LogP contribution in [0.15, 0.2) is 0 Å².